The Bertz CT molecular complexity index is 190. The van der Waals surface area contributed by atoms with Crippen LogP contribution in [-0.4, -0.2) is 63.7 Å². The minimum Gasteiger partial charge on any atom is -0.381 e. The second-order valence-electron chi connectivity index (χ2n) is 4.79. The van der Waals surface area contributed by atoms with Crippen molar-refractivity contribution in [2.45, 2.75) is 20.3 Å². The molecule has 0 aromatic carbocycles. The highest BCUT2D eigenvalue weighted by Crippen LogP contribution is 1.95. The molecule has 4 heteroatoms. The Morgan fingerprint density at radius 1 is 1.12 bits per heavy atom. The van der Waals surface area contributed by atoms with Crippen LogP contribution in [-0.2, 0) is 4.74 Å². The lowest BCUT2D eigenvalue weighted by atomic mass is 10.2. The zero-order chi connectivity index (χ0) is 12.6. The monoisotopic (exact) mass is 229 g/mol. The Hall–Kier alpha value is -0.770. The summed E-state index contributed by atoms with van der Waals surface area (Å²) < 4.78 is 5.50. The van der Waals surface area contributed by atoms with Crippen molar-refractivity contribution in [2.24, 2.45) is 10.9 Å². The largest absolute Gasteiger partial charge is 0.381 e. The lowest BCUT2D eigenvalue weighted by molar-refractivity contribution is 0.109. The van der Waals surface area contributed by atoms with E-state index in [2.05, 4.69) is 18.8 Å². The van der Waals surface area contributed by atoms with Gasteiger partial charge in [-0.3, -0.25) is 4.99 Å². The second-order valence-corrected chi connectivity index (χ2v) is 4.79. The van der Waals surface area contributed by atoms with Crippen molar-refractivity contribution in [3.05, 3.63) is 0 Å². The minimum absolute atomic E-state index is 0.614. The molecule has 0 aliphatic heterocycles. The van der Waals surface area contributed by atoms with Crippen molar-refractivity contribution in [1.29, 1.82) is 0 Å². The maximum Gasteiger partial charge on any atom is 0.195 e. The summed E-state index contributed by atoms with van der Waals surface area (Å²) >= 11 is 0. The molecule has 0 spiro atoms. The van der Waals surface area contributed by atoms with Gasteiger partial charge >= 0.3 is 0 Å². The smallest absolute Gasteiger partial charge is 0.195 e. The summed E-state index contributed by atoms with van der Waals surface area (Å²) in [5.74, 6) is 1.62. The van der Waals surface area contributed by atoms with Crippen LogP contribution < -0.4 is 0 Å². The van der Waals surface area contributed by atoms with Gasteiger partial charge in [-0.05, 0) is 12.3 Å². The zero-order valence-corrected chi connectivity index (χ0v) is 11.7. The van der Waals surface area contributed by atoms with E-state index in [4.69, 9.17) is 4.74 Å². The van der Waals surface area contributed by atoms with Crippen LogP contribution in [0.1, 0.15) is 20.3 Å². The minimum atomic E-state index is 0.614. The van der Waals surface area contributed by atoms with Crippen molar-refractivity contribution in [1.82, 2.24) is 9.80 Å². The number of aliphatic imine (C=N–C) groups is 1. The first kappa shape index (κ1) is 15.2. The molecule has 0 saturated carbocycles. The van der Waals surface area contributed by atoms with Crippen LogP contribution in [0, 0.1) is 5.92 Å². The highest BCUT2D eigenvalue weighted by atomic mass is 16.5. The highest BCUT2D eigenvalue weighted by Gasteiger charge is 2.02. The van der Waals surface area contributed by atoms with Crippen molar-refractivity contribution in [3.63, 3.8) is 0 Å². The molecule has 0 amide bonds. The highest BCUT2D eigenvalue weighted by molar-refractivity contribution is 5.79. The summed E-state index contributed by atoms with van der Waals surface area (Å²) in [4.78, 5) is 8.57. The topological polar surface area (TPSA) is 28.1 Å². The molecule has 16 heavy (non-hydrogen) atoms. The Morgan fingerprint density at radius 3 is 2.12 bits per heavy atom. The lowest BCUT2D eigenvalue weighted by Crippen LogP contribution is -2.35. The number of hydrogen-bond acceptors (Lipinski definition) is 2. The van der Waals surface area contributed by atoms with Crippen molar-refractivity contribution >= 4 is 5.96 Å². The van der Waals surface area contributed by atoms with Gasteiger partial charge in [0.05, 0.1) is 0 Å². The predicted molar refractivity (Wildman–Crippen MR) is 70.0 cm³/mol. The third-order valence-corrected chi connectivity index (χ3v) is 1.95. The van der Waals surface area contributed by atoms with Crippen LogP contribution >= 0.6 is 0 Å². The van der Waals surface area contributed by atoms with Crippen molar-refractivity contribution in [3.8, 4) is 0 Å². The number of ether oxygens (including phenoxy) is 1. The second kappa shape index (κ2) is 8.39. The molecule has 0 aliphatic carbocycles. The van der Waals surface area contributed by atoms with E-state index in [1.165, 1.54) is 0 Å². The zero-order valence-electron chi connectivity index (χ0n) is 11.7. The van der Waals surface area contributed by atoms with Crippen LogP contribution in [0.2, 0.25) is 0 Å². The molecule has 0 aromatic heterocycles. The van der Waals surface area contributed by atoms with E-state index >= 15 is 0 Å². The molecular weight excluding hydrogens is 202 g/mol. The quantitative estimate of drug-likeness (QED) is 0.393. The van der Waals surface area contributed by atoms with Crippen LogP contribution in [0.5, 0.6) is 0 Å². The average molecular weight is 229 g/mol. The third-order valence-electron chi connectivity index (χ3n) is 1.95. The van der Waals surface area contributed by atoms with Gasteiger partial charge in [-0.1, -0.05) is 13.8 Å². The molecule has 0 radical (unpaired) electrons. The molecule has 0 aliphatic rings. The molecule has 0 atom stereocenters. The van der Waals surface area contributed by atoms with Gasteiger partial charge in [0, 0.05) is 47.9 Å². The fourth-order valence-corrected chi connectivity index (χ4v) is 1.35. The number of hydrogen-bond donors (Lipinski definition) is 0. The predicted octanol–water partition coefficient (Wildman–Crippen LogP) is 1.53. The van der Waals surface area contributed by atoms with Crippen LogP contribution in [0.3, 0.4) is 0 Å². The summed E-state index contributed by atoms with van der Waals surface area (Å²) in [5.41, 5.74) is 0. The summed E-state index contributed by atoms with van der Waals surface area (Å²) in [6.45, 7) is 6.79. The van der Waals surface area contributed by atoms with E-state index in [9.17, 15) is 0 Å². The molecular formula is C12H27N3O. The summed E-state index contributed by atoms with van der Waals surface area (Å²) in [7, 11) is 8.03. The first-order chi connectivity index (χ1) is 7.45. The normalized spacial score (nSPS) is 10.4. The first-order valence-electron chi connectivity index (χ1n) is 5.92. The standard InChI is InChI=1S/C12H27N3O/c1-11(2)10-16-9-7-8-13-12(14(3)4)15(5)6/h11H,7-10H2,1-6H3. The Morgan fingerprint density at radius 2 is 1.69 bits per heavy atom. The SMILES string of the molecule is CC(C)COCCCN=C(N(C)C)N(C)C. The lowest BCUT2D eigenvalue weighted by Gasteiger charge is -2.22. The van der Waals surface area contributed by atoms with Crippen molar-refractivity contribution in [2.75, 3.05) is 47.9 Å². The van der Waals surface area contributed by atoms with Gasteiger partial charge < -0.3 is 14.5 Å². The van der Waals surface area contributed by atoms with Crippen LogP contribution in [0.4, 0.5) is 0 Å². The van der Waals surface area contributed by atoms with Crippen LogP contribution in [0.25, 0.3) is 0 Å². The average Bonchev–Trinajstić information content (AvgIpc) is 2.14. The summed E-state index contributed by atoms with van der Waals surface area (Å²) in [6.07, 6.45) is 0.984. The number of rotatable bonds is 6. The fraction of sp³-hybridized carbons (Fsp3) is 0.917. The van der Waals surface area contributed by atoms with E-state index in [0.717, 1.165) is 32.1 Å². The molecule has 0 aromatic rings. The van der Waals surface area contributed by atoms with E-state index in [0.29, 0.717) is 5.92 Å². The van der Waals surface area contributed by atoms with E-state index in [1.807, 2.05) is 38.0 Å². The molecule has 0 saturated heterocycles. The Labute approximate surface area is 100 Å². The summed E-state index contributed by atoms with van der Waals surface area (Å²) in [6, 6.07) is 0. The number of guanidine groups is 1. The first-order valence-corrected chi connectivity index (χ1v) is 5.92. The van der Waals surface area contributed by atoms with Gasteiger partial charge in [0.15, 0.2) is 5.96 Å². The molecule has 4 nitrogen and oxygen atoms in total. The molecule has 0 unspecified atom stereocenters. The molecule has 0 rings (SSSR count). The van der Waals surface area contributed by atoms with Gasteiger partial charge in [-0.25, -0.2) is 0 Å². The van der Waals surface area contributed by atoms with Crippen molar-refractivity contribution < 1.29 is 4.74 Å². The van der Waals surface area contributed by atoms with Gasteiger partial charge in [0.1, 0.15) is 0 Å². The van der Waals surface area contributed by atoms with Gasteiger partial charge in [0.2, 0.25) is 0 Å². The Balaban J connectivity index is 3.72. The van der Waals surface area contributed by atoms with Gasteiger partial charge in [-0.2, -0.15) is 0 Å². The molecule has 96 valence electrons. The molecule has 0 bridgehead atoms. The molecule has 0 N–H and O–H groups in total. The maximum atomic E-state index is 5.50. The molecule has 0 fully saturated rings. The van der Waals surface area contributed by atoms with E-state index < -0.39 is 0 Å². The van der Waals surface area contributed by atoms with Gasteiger partial charge in [0.25, 0.3) is 0 Å². The van der Waals surface area contributed by atoms with E-state index in [1.54, 1.807) is 0 Å². The van der Waals surface area contributed by atoms with E-state index in [-0.39, 0.29) is 0 Å². The third kappa shape index (κ3) is 7.51. The maximum absolute atomic E-state index is 5.50. The Kier molecular flexibility index (Phi) is 7.99. The fourth-order valence-electron chi connectivity index (χ4n) is 1.35. The van der Waals surface area contributed by atoms with Crippen LogP contribution in [0.15, 0.2) is 4.99 Å². The number of nitrogens with zero attached hydrogens (tertiary/aromatic N) is 3. The summed E-state index contributed by atoms with van der Waals surface area (Å²) in [5, 5.41) is 0. The van der Waals surface area contributed by atoms with Gasteiger partial charge in [-0.15, -0.1) is 0 Å². The molecule has 0 heterocycles.